The molecule has 2 aliphatic heterocycles. The molecular formula is C17H23ClFN3O. The van der Waals surface area contributed by atoms with Crippen LogP contribution in [-0.2, 0) is 6.54 Å². The minimum Gasteiger partial charge on any atom is -0.334 e. The highest BCUT2D eigenvalue weighted by molar-refractivity contribution is 6.30. The predicted octanol–water partition coefficient (Wildman–Crippen LogP) is 3.25. The Labute approximate surface area is 141 Å². The van der Waals surface area contributed by atoms with Crippen LogP contribution in [0.3, 0.4) is 0 Å². The van der Waals surface area contributed by atoms with Gasteiger partial charge < -0.3 is 15.1 Å². The Bertz CT molecular complexity index is 555. The summed E-state index contributed by atoms with van der Waals surface area (Å²) in [5, 5.41) is 3.17. The maximum absolute atomic E-state index is 13.7. The van der Waals surface area contributed by atoms with Crippen LogP contribution in [0.1, 0.15) is 31.2 Å². The number of nitrogens with one attached hydrogen (secondary N) is 1. The van der Waals surface area contributed by atoms with Crippen LogP contribution in [0.25, 0.3) is 0 Å². The number of carbonyl (C=O) groups excluding carboxylic acids is 1. The first kappa shape index (κ1) is 16.5. The number of amides is 2. The van der Waals surface area contributed by atoms with Gasteiger partial charge in [-0.05, 0) is 50.9 Å². The van der Waals surface area contributed by atoms with Crippen LogP contribution < -0.4 is 5.32 Å². The van der Waals surface area contributed by atoms with E-state index in [1.807, 2.05) is 4.90 Å². The number of hydrogen-bond acceptors (Lipinski definition) is 2. The van der Waals surface area contributed by atoms with Crippen LogP contribution in [-0.4, -0.2) is 48.1 Å². The summed E-state index contributed by atoms with van der Waals surface area (Å²) in [6.45, 7) is 4.14. The number of carbonyl (C=O) groups is 1. The lowest BCUT2D eigenvalue weighted by Crippen LogP contribution is -2.48. The zero-order chi connectivity index (χ0) is 16.2. The molecule has 2 aliphatic rings. The maximum Gasteiger partial charge on any atom is 0.317 e. The molecule has 23 heavy (non-hydrogen) atoms. The fourth-order valence-corrected chi connectivity index (χ4v) is 3.65. The molecule has 6 heteroatoms. The Kier molecular flexibility index (Phi) is 5.38. The number of hydrogen-bond donors (Lipinski definition) is 1. The summed E-state index contributed by atoms with van der Waals surface area (Å²) in [6, 6.07) is 5.02. The number of benzene rings is 1. The van der Waals surface area contributed by atoms with Crippen molar-refractivity contribution in [1.82, 2.24) is 15.1 Å². The van der Waals surface area contributed by atoms with Crippen molar-refractivity contribution in [2.75, 3.05) is 26.2 Å². The monoisotopic (exact) mass is 339 g/mol. The van der Waals surface area contributed by atoms with Crippen molar-refractivity contribution in [3.8, 4) is 0 Å². The van der Waals surface area contributed by atoms with Crippen molar-refractivity contribution in [1.29, 1.82) is 0 Å². The molecule has 0 aromatic heterocycles. The third kappa shape index (κ3) is 4.15. The summed E-state index contributed by atoms with van der Waals surface area (Å²) < 4.78 is 13.7. The molecule has 1 aromatic rings. The van der Waals surface area contributed by atoms with Gasteiger partial charge in [-0.25, -0.2) is 9.18 Å². The van der Waals surface area contributed by atoms with E-state index in [9.17, 15) is 9.18 Å². The fraction of sp³-hybridized carbons (Fsp3) is 0.588. The smallest absolute Gasteiger partial charge is 0.317 e. The average Bonchev–Trinajstić information content (AvgIpc) is 3.08. The van der Waals surface area contributed by atoms with Gasteiger partial charge in [0.05, 0.1) is 0 Å². The Balaban J connectivity index is 1.46. The number of likely N-dealkylation sites (tertiary alicyclic amines) is 2. The third-order valence-corrected chi connectivity index (χ3v) is 5.09. The quantitative estimate of drug-likeness (QED) is 0.917. The van der Waals surface area contributed by atoms with Crippen LogP contribution in [0, 0.1) is 5.82 Å². The molecule has 0 radical (unpaired) electrons. The van der Waals surface area contributed by atoms with Gasteiger partial charge in [0.15, 0.2) is 0 Å². The number of halogens is 2. The van der Waals surface area contributed by atoms with Crippen molar-refractivity contribution in [2.45, 2.75) is 38.3 Å². The third-order valence-electron chi connectivity index (χ3n) is 4.85. The van der Waals surface area contributed by atoms with Crippen LogP contribution >= 0.6 is 11.6 Å². The van der Waals surface area contributed by atoms with E-state index in [4.69, 9.17) is 11.6 Å². The van der Waals surface area contributed by atoms with E-state index in [0.29, 0.717) is 16.6 Å². The lowest BCUT2D eigenvalue weighted by Gasteiger charge is -2.36. The molecule has 126 valence electrons. The van der Waals surface area contributed by atoms with Gasteiger partial charge in [-0.2, -0.15) is 0 Å². The zero-order valence-electron chi connectivity index (χ0n) is 13.2. The van der Waals surface area contributed by atoms with E-state index in [2.05, 4.69) is 10.2 Å². The second-order valence-corrected chi connectivity index (χ2v) is 6.79. The molecule has 4 nitrogen and oxygen atoms in total. The Morgan fingerprint density at radius 2 is 1.91 bits per heavy atom. The number of nitrogens with zero attached hydrogens (tertiary/aromatic N) is 2. The van der Waals surface area contributed by atoms with Crippen molar-refractivity contribution < 1.29 is 9.18 Å². The molecule has 2 heterocycles. The van der Waals surface area contributed by atoms with E-state index < -0.39 is 0 Å². The second-order valence-electron chi connectivity index (χ2n) is 6.36. The van der Waals surface area contributed by atoms with Crippen LogP contribution in [0.15, 0.2) is 18.2 Å². The highest BCUT2D eigenvalue weighted by Crippen LogP contribution is 2.21. The number of rotatable bonds is 3. The van der Waals surface area contributed by atoms with E-state index in [1.54, 1.807) is 12.1 Å². The lowest BCUT2D eigenvalue weighted by atomic mass is 10.0. The van der Waals surface area contributed by atoms with Gasteiger partial charge in [0.1, 0.15) is 5.82 Å². The Morgan fingerprint density at radius 3 is 2.57 bits per heavy atom. The first-order chi connectivity index (χ1) is 11.1. The normalized spacial score (nSPS) is 20.0. The first-order valence-corrected chi connectivity index (χ1v) is 8.72. The topological polar surface area (TPSA) is 35.6 Å². The maximum atomic E-state index is 13.7. The van der Waals surface area contributed by atoms with E-state index in [-0.39, 0.29) is 18.4 Å². The summed E-state index contributed by atoms with van der Waals surface area (Å²) in [5.74, 6) is -0.384. The first-order valence-electron chi connectivity index (χ1n) is 8.34. The van der Waals surface area contributed by atoms with Crippen molar-refractivity contribution in [2.24, 2.45) is 0 Å². The minimum absolute atomic E-state index is 0.112. The molecule has 0 spiro atoms. The SMILES string of the molecule is O=C(NCc1ccc(Cl)cc1F)N1CCC(N2CCCC2)CC1. The molecule has 0 atom stereocenters. The predicted molar refractivity (Wildman–Crippen MR) is 89.0 cm³/mol. The molecule has 2 saturated heterocycles. The largest absolute Gasteiger partial charge is 0.334 e. The van der Waals surface area contributed by atoms with E-state index >= 15 is 0 Å². The Morgan fingerprint density at radius 1 is 1.22 bits per heavy atom. The van der Waals surface area contributed by atoms with Gasteiger partial charge in [-0.1, -0.05) is 17.7 Å². The van der Waals surface area contributed by atoms with E-state index in [0.717, 1.165) is 25.9 Å². The zero-order valence-corrected chi connectivity index (χ0v) is 14.0. The number of urea groups is 1. The molecule has 2 amide bonds. The lowest BCUT2D eigenvalue weighted by molar-refractivity contribution is 0.134. The minimum atomic E-state index is -0.384. The fourth-order valence-electron chi connectivity index (χ4n) is 3.49. The number of piperidine rings is 1. The summed E-state index contributed by atoms with van der Waals surface area (Å²) in [7, 11) is 0. The van der Waals surface area contributed by atoms with Crippen molar-refractivity contribution in [3.63, 3.8) is 0 Å². The van der Waals surface area contributed by atoms with Gasteiger partial charge in [-0.15, -0.1) is 0 Å². The highest BCUT2D eigenvalue weighted by Gasteiger charge is 2.28. The van der Waals surface area contributed by atoms with Crippen LogP contribution in [0.5, 0.6) is 0 Å². The molecule has 0 saturated carbocycles. The van der Waals surface area contributed by atoms with Crippen molar-refractivity contribution >= 4 is 17.6 Å². The van der Waals surface area contributed by atoms with Gasteiger partial charge in [0.2, 0.25) is 0 Å². The molecule has 0 bridgehead atoms. The van der Waals surface area contributed by atoms with Crippen LogP contribution in [0.2, 0.25) is 5.02 Å². The Hall–Kier alpha value is -1.33. The summed E-state index contributed by atoms with van der Waals surface area (Å²) in [5.41, 5.74) is 0.453. The second kappa shape index (κ2) is 7.49. The molecule has 3 rings (SSSR count). The summed E-state index contributed by atoms with van der Waals surface area (Å²) in [4.78, 5) is 16.6. The molecular weight excluding hydrogens is 317 g/mol. The molecule has 0 unspecified atom stereocenters. The molecule has 1 N–H and O–H groups in total. The molecule has 2 fully saturated rings. The van der Waals surface area contributed by atoms with Gasteiger partial charge in [0, 0.05) is 36.3 Å². The van der Waals surface area contributed by atoms with Gasteiger partial charge in [-0.3, -0.25) is 0 Å². The molecule has 0 aliphatic carbocycles. The highest BCUT2D eigenvalue weighted by atomic mass is 35.5. The van der Waals surface area contributed by atoms with Gasteiger partial charge in [0.25, 0.3) is 0 Å². The van der Waals surface area contributed by atoms with Gasteiger partial charge >= 0.3 is 6.03 Å². The summed E-state index contributed by atoms with van der Waals surface area (Å²) >= 11 is 5.73. The standard InChI is InChI=1S/C17H23ClFN3O/c18-14-4-3-13(16(19)11-14)12-20-17(23)22-9-5-15(6-10-22)21-7-1-2-8-21/h3-4,11,15H,1-2,5-10,12H2,(H,20,23). The van der Waals surface area contributed by atoms with E-state index in [1.165, 1.54) is 32.0 Å². The molecule has 1 aromatic carbocycles. The van der Waals surface area contributed by atoms with Crippen molar-refractivity contribution in [3.05, 3.63) is 34.6 Å². The average molecular weight is 340 g/mol. The van der Waals surface area contributed by atoms with Crippen LogP contribution in [0.4, 0.5) is 9.18 Å². The summed E-state index contributed by atoms with van der Waals surface area (Å²) in [6.07, 6.45) is 4.66.